The van der Waals surface area contributed by atoms with Crippen LogP contribution in [0.3, 0.4) is 0 Å². The lowest BCUT2D eigenvalue weighted by atomic mass is 10.1. The number of ether oxygens (including phenoxy) is 1. The smallest absolute Gasteiger partial charge is 0.0690 e. The van der Waals surface area contributed by atoms with E-state index in [1.54, 1.807) is 6.26 Å². The fourth-order valence-electron chi connectivity index (χ4n) is 1.20. The third-order valence-electron chi connectivity index (χ3n) is 1.69. The van der Waals surface area contributed by atoms with E-state index >= 15 is 0 Å². The van der Waals surface area contributed by atoms with Gasteiger partial charge < -0.3 is 4.74 Å². The molecule has 1 rings (SSSR count). The molecular formula is C7H14O2S. The topological polar surface area (TPSA) is 26.3 Å². The second kappa shape index (κ2) is 4.09. The summed E-state index contributed by atoms with van der Waals surface area (Å²) in [4.78, 5) is 0. The molecule has 10 heavy (non-hydrogen) atoms. The number of hydrogen-bond acceptors (Lipinski definition) is 2. The summed E-state index contributed by atoms with van der Waals surface area (Å²) in [7, 11) is -0.688. The molecule has 0 amide bonds. The summed E-state index contributed by atoms with van der Waals surface area (Å²) >= 11 is 0. The molecule has 1 heterocycles. The van der Waals surface area contributed by atoms with Crippen LogP contribution < -0.4 is 0 Å². The molecule has 0 aromatic rings. The molecule has 2 nitrogen and oxygen atoms in total. The molecule has 2 unspecified atom stereocenters. The van der Waals surface area contributed by atoms with E-state index in [9.17, 15) is 4.21 Å². The summed E-state index contributed by atoms with van der Waals surface area (Å²) in [5.74, 6) is 0.722. The first kappa shape index (κ1) is 8.21. The molecule has 0 aromatic carbocycles. The van der Waals surface area contributed by atoms with Crippen molar-refractivity contribution in [2.45, 2.75) is 25.4 Å². The first-order valence-corrected chi connectivity index (χ1v) is 5.43. The van der Waals surface area contributed by atoms with Crippen molar-refractivity contribution in [2.75, 3.05) is 18.6 Å². The molecule has 0 N–H and O–H groups in total. The van der Waals surface area contributed by atoms with Gasteiger partial charge in [-0.1, -0.05) is 0 Å². The first-order valence-electron chi connectivity index (χ1n) is 3.70. The average Bonchev–Trinajstić information content (AvgIpc) is 1.88. The minimum absolute atomic E-state index is 0.277. The van der Waals surface area contributed by atoms with Gasteiger partial charge in [0.15, 0.2) is 0 Å². The lowest BCUT2D eigenvalue weighted by Gasteiger charge is -2.21. The lowest BCUT2D eigenvalue weighted by molar-refractivity contribution is 0.0311. The zero-order valence-electron chi connectivity index (χ0n) is 6.34. The molecule has 3 heteroatoms. The van der Waals surface area contributed by atoms with Crippen molar-refractivity contribution < 1.29 is 8.95 Å². The van der Waals surface area contributed by atoms with E-state index in [0.717, 1.165) is 18.8 Å². The van der Waals surface area contributed by atoms with Gasteiger partial charge in [0.25, 0.3) is 0 Å². The molecule has 0 radical (unpaired) electrons. The van der Waals surface area contributed by atoms with E-state index in [4.69, 9.17) is 4.74 Å². The summed E-state index contributed by atoms with van der Waals surface area (Å²) in [5.41, 5.74) is 0. The van der Waals surface area contributed by atoms with E-state index in [-0.39, 0.29) is 6.10 Å². The zero-order chi connectivity index (χ0) is 7.40. The summed E-state index contributed by atoms with van der Waals surface area (Å²) < 4.78 is 16.1. The quantitative estimate of drug-likeness (QED) is 0.604. The van der Waals surface area contributed by atoms with E-state index in [1.165, 1.54) is 12.8 Å². The highest BCUT2D eigenvalue weighted by atomic mass is 32.2. The van der Waals surface area contributed by atoms with Gasteiger partial charge in [-0.2, -0.15) is 0 Å². The predicted molar refractivity (Wildman–Crippen MR) is 42.5 cm³/mol. The monoisotopic (exact) mass is 162 g/mol. The average molecular weight is 162 g/mol. The highest BCUT2D eigenvalue weighted by molar-refractivity contribution is 7.84. The molecule has 0 aliphatic carbocycles. The SMILES string of the molecule is CS(=O)CC1CCCCO1. The maximum atomic E-state index is 10.7. The molecule has 0 bridgehead atoms. The van der Waals surface area contributed by atoms with Crippen LogP contribution in [-0.4, -0.2) is 28.9 Å². The van der Waals surface area contributed by atoms with Crippen LogP contribution in [0.4, 0.5) is 0 Å². The minimum Gasteiger partial charge on any atom is -0.377 e. The van der Waals surface area contributed by atoms with Crippen LogP contribution in [0.25, 0.3) is 0 Å². The van der Waals surface area contributed by atoms with Crippen LogP contribution in [0.1, 0.15) is 19.3 Å². The van der Waals surface area contributed by atoms with E-state index < -0.39 is 10.8 Å². The largest absolute Gasteiger partial charge is 0.377 e. The molecule has 60 valence electrons. The molecular weight excluding hydrogens is 148 g/mol. The molecule has 1 aliphatic heterocycles. The Kier molecular flexibility index (Phi) is 3.35. The maximum Gasteiger partial charge on any atom is 0.0690 e. The Morgan fingerprint density at radius 1 is 1.60 bits per heavy atom. The number of rotatable bonds is 2. The van der Waals surface area contributed by atoms with E-state index in [0.29, 0.717) is 0 Å². The van der Waals surface area contributed by atoms with Crippen LogP contribution in [0.15, 0.2) is 0 Å². The Labute approximate surface area is 64.4 Å². The molecule has 1 aliphatic rings. The highest BCUT2D eigenvalue weighted by Gasteiger charge is 2.14. The lowest BCUT2D eigenvalue weighted by Crippen LogP contribution is -2.24. The van der Waals surface area contributed by atoms with Crippen molar-refractivity contribution in [1.29, 1.82) is 0 Å². The Hall–Kier alpha value is 0.110. The third-order valence-corrected chi connectivity index (χ3v) is 2.54. The van der Waals surface area contributed by atoms with Crippen LogP contribution in [-0.2, 0) is 15.5 Å². The summed E-state index contributed by atoms with van der Waals surface area (Å²) in [6.45, 7) is 0.863. The fraction of sp³-hybridized carbons (Fsp3) is 1.00. The van der Waals surface area contributed by atoms with Crippen molar-refractivity contribution in [3.63, 3.8) is 0 Å². The Morgan fingerprint density at radius 3 is 2.90 bits per heavy atom. The fourth-order valence-corrected chi connectivity index (χ4v) is 1.99. The van der Waals surface area contributed by atoms with Crippen molar-refractivity contribution in [3.8, 4) is 0 Å². The van der Waals surface area contributed by atoms with Gasteiger partial charge in [-0.3, -0.25) is 4.21 Å². The standard InChI is InChI=1S/C7H14O2S/c1-10(8)6-7-4-2-3-5-9-7/h7H,2-6H2,1H3. The summed E-state index contributed by atoms with van der Waals surface area (Å²) in [6, 6.07) is 0. The van der Waals surface area contributed by atoms with E-state index in [1.807, 2.05) is 0 Å². The normalized spacial score (nSPS) is 29.9. The second-order valence-electron chi connectivity index (χ2n) is 2.73. The molecule has 0 aromatic heterocycles. The summed E-state index contributed by atoms with van der Waals surface area (Å²) in [5, 5.41) is 0. The third kappa shape index (κ3) is 2.80. The van der Waals surface area contributed by atoms with Crippen molar-refractivity contribution in [2.24, 2.45) is 0 Å². The molecule has 0 saturated carbocycles. The Bertz CT molecular complexity index is 119. The van der Waals surface area contributed by atoms with Crippen LogP contribution in [0.5, 0.6) is 0 Å². The van der Waals surface area contributed by atoms with Gasteiger partial charge in [0.2, 0.25) is 0 Å². The van der Waals surface area contributed by atoms with Gasteiger partial charge in [0, 0.05) is 29.4 Å². The molecule has 1 saturated heterocycles. The van der Waals surface area contributed by atoms with Gasteiger partial charge >= 0.3 is 0 Å². The molecule has 1 fully saturated rings. The van der Waals surface area contributed by atoms with Crippen molar-refractivity contribution >= 4 is 10.8 Å². The van der Waals surface area contributed by atoms with Crippen LogP contribution >= 0.6 is 0 Å². The molecule has 2 atom stereocenters. The first-order chi connectivity index (χ1) is 4.79. The Morgan fingerprint density at radius 2 is 2.40 bits per heavy atom. The predicted octanol–water partition coefficient (Wildman–Crippen LogP) is 0.934. The van der Waals surface area contributed by atoms with Gasteiger partial charge in [0.1, 0.15) is 0 Å². The Balaban J connectivity index is 2.19. The van der Waals surface area contributed by atoms with E-state index in [2.05, 4.69) is 0 Å². The highest BCUT2D eigenvalue weighted by Crippen LogP contribution is 2.12. The molecule has 0 spiro atoms. The van der Waals surface area contributed by atoms with Gasteiger partial charge in [-0.25, -0.2) is 0 Å². The second-order valence-corrected chi connectivity index (χ2v) is 4.21. The van der Waals surface area contributed by atoms with Gasteiger partial charge in [-0.15, -0.1) is 0 Å². The summed E-state index contributed by atoms with van der Waals surface area (Å²) in [6.07, 6.45) is 5.52. The van der Waals surface area contributed by atoms with Gasteiger partial charge in [-0.05, 0) is 19.3 Å². The van der Waals surface area contributed by atoms with Crippen molar-refractivity contribution in [1.82, 2.24) is 0 Å². The van der Waals surface area contributed by atoms with Gasteiger partial charge in [0.05, 0.1) is 6.10 Å². The zero-order valence-corrected chi connectivity index (χ0v) is 7.15. The van der Waals surface area contributed by atoms with Crippen molar-refractivity contribution in [3.05, 3.63) is 0 Å². The minimum atomic E-state index is -0.688. The van der Waals surface area contributed by atoms with Crippen LogP contribution in [0.2, 0.25) is 0 Å². The van der Waals surface area contributed by atoms with Crippen LogP contribution in [0, 0.1) is 0 Å². The maximum absolute atomic E-state index is 10.7. The number of hydrogen-bond donors (Lipinski definition) is 0.